The van der Waals surface area contributed by atoms with E-state index in [-0.39, 0.29) is 117 Å². The monoisotopic (exact) mass is 918 g/mol. The van der Waals surface area contributed by atoms with E-state index in [4.69, 9.17) is 46.0 Å². The van der Waals surface area contributed by atoms with Gasteiger partial charge in [0.05, 0.1) is 15.3 Å². The number of hydrogen-bond acceptors (Lipinski definition) is 12. The second kappa shape index (κ2) is 147. The van der Waals surface area contributed by atoms with Crippen LogP contribution in [-0.2, 0) is 63.2 Å². The Balaban J connectivity index is -0.00000000312. The maximum absolute atomic E-state index is 8.25. The third-order valence-electron chi connectivity index (χ3n) is 0. The molecule has 0 aliphatic carbocycles. The van der Waals surface area contributed by atoms with Crippen molar-refractivity contribution in [3.05, 3.63) is 82.9 Å². The topological polar surface area (TPSA) is 490 Å². The first-order valence-corrected chi connectivity index (χ1v) is 1.64. The van der Waals surface area contributed by atoms with Crippen LogP contribution in [0.15, 0.2) is 0 Å². The van der Waals surface area contributed by atoms with E-state index in [0.29, 0.717) is 0 Å². The van der Waals surface area contributed by atoms with Gasteiger partial charge in [-0.2, -0.15) is 0 Å². The molecule has 21 nitrogen and oxygen atoms in total. The van der Waals surface area contributed by atoms with Crippen molar-refractivity contribution in [2.45, 2.75) is 0 Å². The average Bonchev–Trinajstić information content (AvgIpc) is 1.54. The van der Waals surface area contributed by atoms with Crippen LogP contribution in [0.25, 0.3) is 36.9 Å². The van der Waals surface area contributed by atoms with Gasteiger partial charge in [0.1, 0.15) is 0 Å². The smallest absolute Gasteiger partial charge is 0.870 e. The minimum atomic E-state index is -1.75. The molecule has 0 bridgehead atoms. The Labute approximate surface area is 177 Å². The SMILES string of the molecule is O=[N+]([O-])[O-].O=[N+]([O-])[O-].O=[N+]([O-])[O-].[NH2-].[NH2-].[NH2-].[NH2-].[NH2-].[NH2-].[OH-].[OH-].[OH-].[Pt+4].[Pt+4].[Pt+4]. The van der Waals surface area contributed by atoms with E-state index in [1.165, 1.54) is 0 Å². The van der Waals surface area contributed by atoms with Crippen LogP contribution < -0.4 is 0 Å². The van der Waals surface area contributed by atoms with Crippen molar-refractivity contribution in [2.75, 3.05) is 0 Å². The predicted molar refractivity (Wildman–Crippen MR) is 68.6 cm³/mol. The van der Waals surface area contributed by atoms with Crippen molar-refractivity contribution in [2.24, 2.45) is 0 Å². The van der Waals surface area contributed by atoms with Gasteiger partial charge in [0.2, 0.25) is 0 Å². The van der Waals surface area contributed by atoms with Crippen molar-refractivity contribution < 1.29 is 94.9 Å². The van der Waals surface area contributed by atoms with E-state index in [1.54, 1.807) is 0 Å². The average molecular weight is 918 g/mol. The Morgan fingerprint density at radius 3 is 0.375 bits per heavy atom. The van der Waals surface area contributed by atoms with Crippen LogP contribution in [0.2, 0.25) is 0 Å². The van der Waals surface area contributed by atoms with Gasteiger partial charge in [-0.3, -0.25) is 0 Å². The summed E-state index contributed by atoms with van der Waals surface area (Å²) in [6, 6.07) is 0. The summed E-state index contributed by atoms with van der Waals surface area (Å²) in [5, 5.41) is 44.2. The Morgan fingerprint density at radius 2 is 0.375 bits per heavy atom. The van der Waals surface area contributed by atoms with Crippen molar-refractivity contribution in [1.29, 1.82) is 0 Å². The standard InChI is InChI=1S/3NO3.6H2N.3H2O.3Pt/c3*2-1(3)4;;;;;;;;;;;;/h;;;9*1H2;;;/q9*-1;;;;3*+4/p-3. The molecule has 0 amide bonds. The first-order chi connectivity index (χ1) is 5.20. The normalized spacial score (nSPS) is 3.00. The van der Waals surface area contributed by atoms with Crippen LogP contribution in [0, 0.1) is 46.0 Å². The molecule has 24 heavy (non-hydrogen) atoms. The van der Waals surface area contributed by atoms with Gasteiger partial charge in [-0.25, -0.2) is 0 Å². The molecule has 162 valence electrons. The largest absolute Gasteiger partial charge is 4.00 e. The molecular weight excluding hydrogens is 903 g/mol. The number of rotatable bonds is 0. The molecule has 0 aromatic carbocycles. The van der Waals surface area contributed by atoms with Gasteiger partial charge in [-0.05, 0) is 0 Å². The van der Waals surface area contributed by atoms with Crippen molar-refractivity contribution in [3.63, 3.8) is 0 Å². The fourth-order valence-electron chi connectivity index (χ4n) is 0. The third kappa shape index (κ3) is 18200. The molecular formula is H15N9O12Pt3. The fourth-order valence-corrected chi connectivity index (χ4v) is 0. The molecule has 0 saturated carbocycles. The minimum absolute atomic E-state index is 0. The maximum atomic E-state index is 8.25. The second-order valence-corrected chi connectivity index (χ2v) is 0.671. The molecule has 0 atom stereocenters. The summed E-state index contributed by atoms with van der Waals surface area (Å²) in [5.41, 5.74) is 0. The zero-order valence-electron chi connectivity index (χ0n) is 10.8. The molecule has 0 aliphatic heterocycles. The Hall–Kier alpha value is -0.695. The molecule has 0 unspecified atom stereocenters. The van der Waals surface area contributed by atoms with Gasteiger partial charge in [0, 0.05) is 0 Å². The van der Waals surface area contributed by atoms with E-state index in [1.807, 2.05) is 0 Å². The molecule has 0 aromatic rings. The van der Waals surface area contributed by atoms with Crippen LogP contribution in [0.5, 0.6) is 0 Å². The van der Waals surface area contributed by atoms with Gasteiger partial charge in [0.25, 0.3) is 0 Å². The molecule has 15 N–H and O–H groups in total. The maximum Gasteiger partial charge on any atom is 4.00 e. The van der Waals surface area contributed by atoms with E-state index in [0.717, 1.165) is 0 Å². The van der Waals surface area contributed by atoms with E-state index in [9.17, 15) is 0 Å². The summed E-state index contributed by atoms with van der Waals surface area (Å²) in [5.74, 6) is 0. The quantitative estimate of drug-likeness (QED) is 0.250. The molecule has 24 heteroatoms. The summed E-state index contributed by atoms with van der Waals surface area (Å²) in [6.45, 7) is 0. The van der Waals surface area contributed by atoms with Gasteiger partial charge in [-0.1, -0.05) is 0 Å². The zero-order chi connectivity index (χ0) is 10.7. The molecule has 0 aliphatic rings. The number of nitrogens with two attached hydrogens (primary N) is 6. The fraction of sp³-hybridized carbons (Fsp3) is 0. The van der Waals surface area contributed by atoms with Gasteiger partial charge in [0.15, 0.2) is 0 Å². The molecule has 0 rings (SSSR count). The number of nitrogens with zero attached hydrogens (tertiary/aromatic N) is 3. The summed E-state index contributed by atoms with van der Waals surface area (Å²) in [7, 11) is 0. The summed E-state index contributed by atoms with van der Waals surface area (Å²) in [4.78, 5) is 24.8. The van der Waals surface area contributed by atoms with Crippen LogP contribution in [0.1, 0.15) is 0 Å². The Bertz CT molecular complexity index is 131. The molecule has 0 fully saturated rings. The molecule has 0 spiro atoms. The van der Waals surface area contributed by atoms with E-state index < -0.39 is 15.3 Å². The van der Waals surface area contributed by atoms with Crippen molar-refractivity contribution in [3.8, 4) is 0 Å². The van der Waals surface area contributed by atoms with Crippen LogP contribution >= 0.6 is 0 Å². The summed E-state index contributed by atoms with van der Waals surface area (Å²) in [6.07, 6.45) is 0. The predicted octanol–water partition coefficient (Wildman–Crippen LogP) is 3.05. The Morgan fingerprint density at radius 1 is 0.375 bits per heavy atom. The van der Waals surface area contributed by atoms with Gasteiger partial charge < -0.3 is 99.3 Å². The first kappa shape index (κ1) is 168. The summed E-state index contributed by atoms with van der Waals surface area (Å²) >= 11 is 0. The van der Waals surface area contributed by atoms with Gasteiger partial charge >= 0.3 is 63.2 Å². The number of hydrogen-bond donors (Lipinski definition) is 0. The van der Waals surface area contributed by atoms with E-state index >= 15 is 0 Å². The zero-order valence-corrected chi connectivity index (χ0v) is 17.6. The van der Waals surface area contributed by atoms with Crippen LogP contribution in [-0.4, -0.2) is 31.7 Å². The second-order valence-electron chi connectivity index (χ2n) is 0.671. The molecule has 0 heterocycles. The third-order valence-corrected chi connectivity index (χ3v) is 0. The Kier molecular flexibility index (Phi) is 1030. The van der Waals surface area contributed by atoms with Crippen molar-refractivity contribution in [1.82, 2.24) is 0 Å². The summed E-state index contributed by atoms with van der Waals surface area (Å²) < 4.78 is 0. The molecule has 0 aromatic heterocycles. The van der Waals surface area contributed by atoms with Crippen molar-refractivity contribution >= 4 is 0 Å². The molecule has 0 saturated heterocycles. The van der Waals surface area contributed by atoms with Crippen LogP contribution in [0.3, 0.4) is 0 Å². The van der Waals surface area contributed by atoms with Crippen LogP contribution in [0.4, 0.5) is 0 Å². The van der Waals surface area contributed by atoms with E-state index in [2.05, 4.69) is 0 Å². The first-order valence-electron chi connectivity index (χ1n) is 1.64. The minimum Gasteiger partial charge on any atom is -0.870 e. The van der Waals surface area contributed by atoms with Gasteiger partial charge in [-0.15, -0.1) is 0 Å². The molecule has 0 radical (unpaired) electrons.